The minimum Gasteiger partial charge on any atom is -0.372 e. The predicted octanol–water partition coefficient (Wildman–Crippen LogP) is 4.18. The molecule has 0 aromatic heterocycles. The summed E-state index contributed by atoms with van der Waals surface area (Å²) in [5, 5.41) is 0.240. The third-order valence-corrected chi connectivity index (χ3v) is 2.93. The van der Waals surface area contributed by atoms with Gasteiger partial charge in [0.25, 0.3) is 0 Å². The molecule has 1 N–H and O–H groups in total. The smallest absolute Gasteiger partial charge is 0.361 e. The van der Waals surface area contributed by atoms with Crippen LogP contribution in [0.15, 0.2) is 30.8 Å². The Morgan fingerprint density at radius 3 is 1.67 bits per heavy atom. The maximum absolute atomic E-state index is 13.1. The van der Waals surface area contributed by atoms with Crippen LogP contribution >= 0.6 is 23.2 Å². The van der Waals surface area contributed by atoms with Crippen LogP contribution in [0.5, 0.6) is 0 Å². The largest absolute Gasteiger partial charge is 0.372 e. The van der Waals surface area contributed by atoms with Crippen LogP contribution in [-0.2, 0) is 5.60 Å². The molecule has 0 aliphatic rings. The quantitative estimate of drug-likeness (QED) is 0.653. The summed E-state index contributed by atoms with van der Waals surface area (Å²) in [4.78, 5) is 0. The van der Waals surface area contributed by atoms with Gasteiger partial charge in [-0.15, -0.1) is 0 Å². The SMILES string of the molecule is C=Cc1ccc(C(O)(C(F)(F)Cl)C(F)(F)Cl)cc1. The van der Waals surface area contributed by atoms with E-state index in [0.29, 0.717) is 5.56 Å². The van der Waals surface area contributed by atoms with Crippen LogP contribution in [0.2, 0.25) is 0 Å². The molecule has 0 spiro atoms. The molecule has 100 valence electrons. The van der Waals surface area contributed by atoms with Gasteiger partial charge in [-0.1, -0.05) is 36.9 Å². The molecule has 0 saturated carbocycles. The normalized spacial score (nSPS) is 13.5. The van der Waals surface area contributed by atoms with Crippen LogP contribution in [-0.4, -0.2) is 15.9 Å². The van der Waals surface area contributed by atoms with Gasteiger partial charge in [-0.05, 0) is 34.3 Å². The highest BCUT2D eigenvalue weighted by Gasteiger charge is 2.67. The van der Waals surface area contributed by atoms with E-state index in [1.807, 2.05) is 0 Å². The first-order chi connectivity index (χ1) is 8.04. The minimum absolute atomic E-state index is 0.497. The van der Waals surface area contributed by atoms with E-state index in [1.54, 1.807) is 0 Å². The highest BCUT2D eigenvalue weighted by Crippen LogP contribution is 2.52. The van der Waals surface area contributed by atoms with E-state index in [1.165, 1.54) is 18.2 Å². The number of aliphatic hydroxyl groups is 1. The molecule has 0 aliphatic heterocycles. The second-order valence-corrected chi connectivity index (χ2v) is 4.48. The number of benzene rings is 1. The summed E-state index contributed by atoms with van der Waals surface area (Å²) < 4.78 is 52.3. The monoisotopic (exact) mass is 302 g/mol. The molecular weight excluding hydrogens is 295 g/mol. The Balaban J connectivity index is 3.40. The summed E-state index contributed by atoms with van der Waals surface area (Å²) in [5.74, 6) is 0. The van der Waals surface area contributed by atoms with Crippen LogP contribution in [0.4, 0.5) is 17.6 Å². The summed E-state index contributed by atoms with van der Waals surface area (Å²) in [6, 6.07) is 4.20. The fourth-order valence-corrected chi connectivity index (χ4v) is 1.85. The zero-order chi connectivity index (χ0) is 14.2. The van der Waals surface area contributed by atoms with Crippen molar-refractivity contribution in [1.29, 1.82) is 0 Å². The minimum atomic E-state index is -4.64. The van der Waals surface area contributed by atoms with Crippen molar-refractivity contribution in [2.75, 3.05) is 0 Å². The summed E-state index contributed by atoms with van der Waals surface area (Å²) in [5.41, 5.74) is -4.31. The molecule has 18 heavy (non-hydrogen) atoms. The molecule has 0 saturated heterocycles. The Labute approximate surface area is 111 Å². The average Bonchev–Trinajstić information content (AvgIpc) is 2.25. The maximum Gasteiger partial charge on any atom is 0.361 e. The predicted molar refractivity (Wildman–Crippen MR) is 62.0 cm³/mol. The number of halogens is 6. The number of alkyl halides is 6. The molecule has 0 aliphatic carbocycles. The van der Waals surface area contributed by atoms with Crippen LogP contribution in [0, 0.1) is 0 Å². The van der Waals surface area contributed by atoms with Gasteiger partial charge in [-0.25, -0.2) is 0 Å². The Morgan fingerprint density at radius 1 is 1.00 bits per heavy atom. The third kappa shape index (κ3) is 2.48. The Bertz CT molecular complexity index is 420. The first kappa shape index (κ1) is 15.3. The molecule has 1 aromatic carbocycles. The van der Waals surface area contributed by atoms with Crippen LogP contribution < -0.4 is 0 Å². The average molecular weight is 303 g/mol. The maximum atomic E-state index is 13.1. The van der Waals surface area contributed by atoms with Gasteiger partial charge in [0.15, 0.2) is 0 Å². The highest BCUT2D eigenvalue weighted by atomic mass is 35.5. The second kappa shape index (κ2) is 4.72. The van der Waals surface area contributed by atoms with E-state index in [4.69, 9.17) is 0 Å². The lowest BCUT2D eigenvalue weighted by molar-refractivity contribution is -0.224. The van der Waals surface area contributed by atoms with Gasteiger partial charge >= 0.3 is 10.8 Å². The van der Waals surface area contributed by atoms with Gasteiger partial charge in [-0.3, -0.25) is 0 Å². The van der Waals surface area contributed by atoms with Gasteiger partial charge < -0.3 is 5.11 Å². The van der Waals surface area contributed by atoms with Crippen molar-refractivity contribution >= 4 is 29.3 Å². The molecule has 0 amide bonds. The van der Waals surface area contributed by atoms with Crippen LogP contribution in [0.1, 0.15) is 11.1 Å². The van der Waals surface area contributed by atoms with E-state index < -0.39 is 21.9 Å². The summed E-state index contributed by atoms with van der Waals surface area (Å²) >= 11 is 9.13. The Hall–Kier alpha value is -0.780. The number of hydrogen-bond acceptors (Lipinski definition) is 1. The molecule has 7 heteroatoms. The molecule has 0 bridgehead atoms. The molecule has 0 radical (unpaired) electrons. The zero-order valence-corrected chi connectivity index (χ0v) is 10.3. The van der Waals surface area contributed by atoms with Gasteiger partial charge in [0.1, 0.15) is 0 Å². The fourth-order valence-electron chi connectivity index (χ4n) is 1.35. The topological polar surface area (TPSA) is 20.2 Å². The molecule has 1 nitrogen and oxygen atoms in total. The van der Waals surface area contributed by atoms with Crippen molar-refractivity contribution in [3.8, 4) is 0 Å². The van der Waals surface area contributed by atoms with Gasteiger partial charge in [0, 0.05) is 0 Å². The lowest BCUT2D eigenvalue weighted by Crippen LogP contribution is -2.52. The van der Waals surface area contributed by atoms with Crippen molar-refractivity contribution in [3.63, 3.8) is 0 Å². The van der Waals surface area contributed by atoms with E-state index >= 15 is 0 Å². The summed E-state index contributed by atoms with van der Waals surface area (Å²) in [6.07, 6.45) is 1.38. The first-order valence-electron chi connectivity index (χ1n) is 4.63. The fraction of sp³-hybridized carbons (Fsp3) is 0.273. The molecule has 1 aromatic rings. The first-order valence-corrected chi connectivity index (χ1v) is 5.38. The van der Waals surface area contributed by atoms with Gasteiger partial charge in [0.2, 0.25) is 5.60 Å². The molecule has 0 heterocycles. The molecule has 0 atom stereocenters. The second-order valence-electron chi connectivity index (χ2n) is 3.53. The standard InChI is InChI=1S/C11H8Cl2F4O/c1-2-7-3-5-8(6-4-7)9(18,10(12,14)15)11(13,16)17/h2-6,18H,1H2. The highest BCUT2D eigenvalue weighted by molar-refractivity contribution is 6.26. The summed E-state index contributed by atoms with van der Waals surface area (Å²) in [7, 11) is 0. The zero-order valence-electron chi connectivity index (χ0n) is 8.81. The van der Waals surface area contributed by atoms with E-state index in [9.17, 15) is 22.7 Å². The van der Waals surface area contributed by atoms with Gasteiger partial charge in [0.05, 0.1) is 0 Å². The van der Waals surface area contributed by atoms with Crippen molar-refractivity contribution in [2.45, 2.75) is 16.4 Å². The van der Waals surface area contributed by atoms with E-state index in [2.05, 4.69) is 29.8 Å². The van der Waals surface area contributed by atoms with Crippen molar-refractivity contribution < 1.29 is 22.7 Å². The van der Waals surface area contributed by atoms with E-state index in [-0.39, 0.29) is 0 Å². The van der Waals surface area contributed by atoms with E-state index in [0.717, 1.165) is 12.1 Å². The van der Waals surface area contributed by atoms with Crippen LogP contribution in [0.25, 0.3) is 6.08 Å². The van der Waals surface area contributed by atoms with Crippen molar-refractivity contribution in [3.05, 3.63) is 42.0 Å². The molecule has 0 fully saturated rings. The Kier molecular flexibility index (Phi) is 4.00. The molecular formula is C11H8Cl2F4O. The van der Waals surface area contributed by atoms with Gasteiger partial charge in [-0.2, -0.15) is 17.6 Å². The third-order valence-electron chi connectivity index (χ3n) is 2.38. The molecule has 1 rings (SSSR count). The number of rotatable bonds is 4. The lowest BCUT2D eigenvalue weighted by atomic mass is 9.93. The molecule has 0 unspecified atom stereocenters. The summed E-state index contributed by atoms with van der Waals surface area (Å²) in [6.45, 7) is 3.41. The lowest BCUT2D eigenvalue weighted by Gasteiger charge is -2.35. The van der Waals surface area contributed by atoms with Crippen molar-refractivity contribution in [1.82, 2.24) is 0 Å². The van der Waals surface area contributed by atoms with Crippen molar-refractivity contribution in [2.24, 2.45) is 0 Å². The van der Waals surface area contributed by atoms with Crippen LogP contribution in [0.3, 0.4) is 0 Å². The Morgan fingerprint density at radius 2 is 1.39 bits per heavy atom. The number of hydrogen-bond donors (Lipinski definition) is 1.